The van der Waals surface area contributed by atoms with Crippen molar-refractivity contribution in [2.75, 3.05) is 20.1 Å². The molecule has 0 aromatic heterocycles. The van der Waals surface area contributed by atoms with Crippen molar-refractivity contribution in [3.8, 4) is 0 Å². The second-order valence-electron chi connectivity index (χ2n) is 5.71. The number of nitrogens with zero attached hydrogens (tertiary/aromatic N) is 2. The Morgan fingerprint density at radius 2 is 2.00 bits per heavy atom. The first-order valence-corrected chi connectivity index (χ1v) is 10.0. The summed E-state index contributed by atoms with van der Waals surface area (Å²) in [6.07, 6.45) is 6.70. The summed E-state index contributed by atoms with van der Waals surface area (Å²) in [5.74, 6) is 0.419. The van der Waals surface area contributed by atoms with Crippen molar-refractivity contribution in [3.63, 3.8) is 0 Å². The second kappa shape index (κ2) is 9.66. The Labute approximate surface area is 154 Å². The Morgan fingerprint density at radius 3 is 2.67 bits per heavy atom. The average Bonchev–Trinajstić information content (AvgIpc) is 2.97. The first kappa shape index (κ1) is 19.6. The van der Waals surface area contributed by atoms with Crippen LogP contribution in [-0.2, 0) is 5.75 Å². The summed E-state index contributed by atoms with van der Waals surface area (Å²) < 4.78 is 13.8. The number of nitrogens with one attached hydrogen (secondary N) is 1. The van der Waals surface area contributed by atoms with Crippen molar-refractivity contribution >= 4 is 23.4 Å². The van der Waals surface area contributed by atoms with Gasteiger partial charge in [-0.15, -0.1) is 11.8 Å². The zero-order chi connectivity index (χ0) is 17.5. The van der Waals surface area contributed by atoms with E-state index in [1.165, 1.54) is 6.07 Å². The van der Waals surface area contributed by atoms with E-state index in [1.54, 1.807) is 23.9 Å². The summed E-state index contributed by atoms with van der Waals surface area (Å²) in [5, 5.41) is 8.68. The highest BCUT2D eigenvalue weighted by Gasteiger charge is 2.29. The minimum absolute atomic E-state index is 0.222. The predicted molar refractivity (Wildman–Crippen MR) is 102 cm³/mol. The standard InChI is InChI=1S/C16H21ClFN3S.C2H6/c1-20-16(6-9-21(20)14-4-7-19-8-5-14)22-11-12-2-3-13(17)10-15(12)18;1-2/h2-3,6,9-10,14,16,19H,4-5,7-8,11H2,1H3;1-2H3. The first-order chi connectivity index (χ1) is 11.6. The molecule has 2 aliphatic rings. The molecule has 1 unspecified atom stereocenters. The molecule has 134 valence electrons. The smallest absolute Gasteiger partial charge is 0.128 e. The predicted octanol–water partition coefficient (Wildman–Crippen LogP) is 4.49. The Hall–Kier alpha value is -0.750. The molecule has 3 nitrogen and oxygen atoms in total. The molecule has 0 radical (unpaired) electrons. The molecule has 24 heavy (non-hydrogen) atoms. The summed E-state index contributed by atoms with van der Waals surface area (Å²) in [5.41, 5.74) is 0.705. The van der Waals surface area contributed by atoms with Gasteiger partial charge >= 0.3 is 0 Å². The molecule has 0 amide bonds. The third-order valence-electron chi connectivity index (χ3n) is 4.24. The SMILES string of the molecule is CC.CN1C(SCc2ccc(Cl)cc2F)C=CN1C1CCNCC1. The lowest BCUT2D eigenvalue weighted by atomic mass is 10.1. The van der Waals surface area contributed by atoms with Crippen molar-refractivity contribution in [3.05, 3.63) is 46.9 Å². The van der Waals surface area contributed by atoms with Crippen molar-refractivity contribution in [2.45, 2.75) is 43.9 Å². The first-order valence-electron chi connectivity index (χ1n) is 8.61. The third kappa shape index (κ3) is 4.88. The largest absolute Gasteiger partial charge is 0.317 e. The van der Waals surface area contributed by atoms with Crippen LogP contribution in [0.4, 0.5) is 4.39 Å². The highest BCUT2D eigenvalue weighted by atomic mass is 35.5. The van der Waals surface area contributed by atoms with Gasteiger partial charge in [0.25, 0.3) is 0 Å². The van der Waals surface area contributed by atoms with E-state index in [2.05, 4.69) is 34.7 Å². The van der Waals surface area contributed by atoms with Crippen LogP contribution in [0.3, 0.4) is 0 Å². The maximum atomic E-state index is 13.8. The Kier molecular flexibility index (Phi) is 7.88. The van der Waals surface area contributed by atoms with Crippen LogP contribution >= 0.6 is 23.4 Å². The average molecular weight is 372 g/mol. The summed E-state index contributed by atoms with van der Waals surface area (Å²) in [6, 6.07) is 5.47. The van der Waals surface area contributed by atoms with E-state index in [9.17, 15) is 4.39 Å². The zero-order valence-corrected chi connectivity index (χ0v) is 16.2. The summed E-state index contributed by atoms with van der Waals surface area (Å²) in [7, 11) is 2.11. The van der Waals surface area contributed by atoms with E-state index in [0.29, 0.717) is 22.4 Å². The molecule has 1 fully saturated rings. The van der Waals surface area contributed by atoms with Gasteiger partial charge in [-0.1, -0.05) is 31.5 Å². The molecule has 1 N–H and O–H groups in total. The van der Waals surface area contributed by atoms with Gasteiger partial charge in [0.1, 0.15) is 5.82 Å². The van der Waals surface area contributed by atoms with E-state index >= 15 is 0 Å². The molecule has 0 bridgehead atoms. The highest BCUT2D eigenvalue weighted by molar-refractivity contribution is 7.99. The molecule has 6 heteroatoms. The van der Waals surface area contributed by atoms with Gasteiger partial charge in [0.05, 0.1) is 5.37 Å². The topological polar surface area (TPSA) is 18.5 Å². The maximum absolute atomic E-state index is 13.8. The quantitative estimate of drug-likeness (QED) is 0.839. The van der Waals surface area contributed by atoms with Crippen LogP contribution in [0.25, 0.3) is 0 Å². The molecular formula is C18H27ClFN3S. The van der Waals surface area contributed by atoms with E-state index in [-0.39, 0.29) is 11.2 Å². The van der Waals surface area contributed by atoms with Crippen LogP contribution in [0.1, 0.15) is 32.3 Å². The highest BCUT2D eigenvalue weighted by Crippen LogP contribution is 2.30. The Balaban J connectivity index is 0.00000100. The zero-order valence-electron chi connectivity index (χ0n) is 14.6. The van der Waals surface area contributed by atoms with Gasteiger partial charge in [0, 0.05) is 30.1 Å². The molecule has 1 saturated heterocycles. The van der Waals surface area contributed by atoms with Crippen molar-refractivity contribution in [1.82, 2.24) is 15.3 Å². The number of hydrogen-bond donors (Lipinski definition) is 1. The fraction of sp³-hybridized carbons (Fsp3) is 0.556. The molecule has 1 aromatic carbocycles. The maximum Gasteiger partial charge on any atom is 0.128 e. The molecule has 0 saturated carbocycles. The molecule has 0 aliphatic carbocycles. The minimum Gasteiger partial charge on any atom is -0.317 e. The van der Waals surface area contributed by atoms with Gasteiger partial charge in [-0.3, -0.25) is 0 Å². The number of halogens is 2. The normalized spacial score (nSPS) is 21.7. The van der Waals surface area contributed by atoms with Crippen molar-refractivity contribution in [2.24, 2.45) is 0 Å². The van der Waals surface area contributed by atoms with E-state index in [1.807, 2.05) is 13.8 Å². The van der Waals surface area contributed by atoms with Crippen LogP contribution in [0, 0.1) is 5.82 Å². The van der Waals surface area contributed by atoms with Gasteiger partial charge in [0.2, 0.25) is 0 Å². The van der Waals surface area contributed by atoms with Crippen LogP contribution in [0.2, 0.25) is 5.02 Å². The molecule has 2 heterocycles. The van der Waals surface area contributed by atoms with Crippen LogP contribution in [0.15, 0.2) is 30.5 Å². The number of piperidine rings is 1. The van der Waals surface area contributed by atoms with Gasteiger partial charge in [-0.2, -0.15) is 0 Å². The van der Waals surface area contributed by atoms with Gasteiger partial charge < -0.3 is 10.3 Å². The van der Waals surface area contributed by atoms with E-state index in [0.717, 1.165) is 25.9 Å². The van der Waals surface area contributed by atoms with Crippen molar-refractivity contribution < 1.29 is 4.39 Å². The molecular weight excluding hydrogens is 345 g/mol. The molecule has 1 atom stereocenters. The van der Waals surface area contributed by atoms with Crippen LogP contribution in [0.5, 0.6) is 0 Å². The lowest BCUT2D eigenvalue weighted by Gasteiger charge is -2.38. The van der Waals surface area contributed by atoms with Gasteiger partial charge in [0.15, 0.2) is 0 Å². The third-order valence-corrected chi connectivity index (χ3v) is 5.76. The fourth-order valence-electron chi connectivity index (χ4n) is 2.95. The van der Waals surface area contributed by atoms with Crippen LogP contribution < -0.4 is 5.32 Å². The number of benzene rings is 1. The van der Waals surface area contributed by atoms with Crippen LogP contribution in [-0.4, -0.2) is 41.6 Å². The van der Waals surface area contributed by atoms with E-state index < -0.39 is 0 Å². The van der Waals surface area contributed by atoms with E-state index in [4.69, 9.17) is 11.6 Å². The number of hydrazine groups is 1. The Bertz CT molecular complexity index is 549. The summed E-state index contributed by atoms with van der Waals surface area (Å²) in [6.45, 7) is 6.16. The summed E-state index contributed by atoms with van der Waals surface area (Å²) >= 11 is 7.53. The second-order valence-corrected chi connectivity index (χ2v) is 7.26. The number of hydrogen-bond acceptors (Lipinski definition) is 4. The minimum atomic E-state index is -0.222. The lowest BCUT2D eigenvalue weighted by molar-refractivity contribution is 0.0164. The number of likely N-dealkylation sites (N-methyl/N-ethyl adjacent to an activating group) is 1. The van der Waals surface area contributed by atoms with Gasteiger partial charge in [-0.25, -0.2) is 9.40 Å². The molecule has 1 aromatic rings. The number of thioether (sulfide) groups is 1. The Morgan fingerprint density at radius 1 is 1.29 bits per heavy atom. The van der Waals surface area contributed by atoms with Crippen molar-refractivity contribution in [1.29, 1.82) is 0 Å². The molecule has 3 rings (SSSR count). The fourth-order valence-corrected chi connectivity index (χ4v) is 4.20. The molecule has 2 aliphatic heterocycles. The van der Waals surface area contributed by atoms with Gasteiger partial charge in [-0.05, 0) is 49.7 Å². The summed E-state index contributed by atoms with van der Waals surface area (Å²) in [4.78, 5) is 0. The molecule has 0 spiro atoms. The number of rotatable bonds is 4. The monoisotopic (exact) mass is 371 g/mol. The lowest BCUT2D eigenvalue weighted by Crippen LogP contribution is -2.47.